The topological polar surface area (TPSA) is 38.1 Å². The fraction of sp³-hybridized carbons (Fsp3) is 0.200. The first-order chi connectivity index (χ1) is 9.29. The van der Waals surface area contributed by atoms with Gasteiger partial charge in [-0.05, 0) is 12.1 Å². The summed E-state index contributed by atoms with van der Waals surface area (Å²) in [5, 5.41) is 0. The Morgan fingerprint density at radius 3 is 2.74 bits per heavy atom. The van der Waals surface area contributed by atoms with Crippen LogP contribution in [0, 0.1) is 5.92 Å². The minimum Gasteiger partial charge on any atom is -0.310 e. The Balaban J connectivity index is 2.02. The molecule has 96 valence electrons. The molecule has 0 saturated carbocycles. The molecule has 1 amide bonds. The van der Waals surface area contributed by atoms with Gasteiger partial charge in [0.2, 0.25) is 5.91 Å². The smallest absolute Gasteiger partial charge is 0.227 e. The zero-order valence-corrected chi connectivity index (χ0v) is 10.6. The van der Waals surface area contributed by atoms with Gasteiger partial charge >= 0.3 is 0 Å². The summed E-state index contributed by atoms with van der Waals surface area (Å²) in [5.41, 5.74) is 1.90. The van der Waals surface area contributed by atoms with Crippen LogP contribution < -0.4 is 4.90 Å². The summed E-state index contributed by atoms with van der Waals surface area (Å²) in [6.07, 6.45) is 7.75. The van der Waals surface area contributed by atoms with E-state index in [1.165, 1.54) is 0 Å². The van der Waals surface area contributed by atoms with Gasteiger partial charge in [0.25, 0.3) is 0 Å². The van der Waals surface area contributed by atoms with Gasteiger partial charge in [0.1, 0.15) is 0 Å². The quantitative estimate of drug-likeness (QED) is 0.788. The molecule has 0 spiro atoms. The number of aromatic nitrogens is 2. The third-order valence-electron chi connectivity index (χ3n) is 3.44. The molecule has 1 saturated heterocycles. The maximum absolute atomic E-state index is 12.1. The largest absolute Gasteiger partial charge is 0.310 e. The number of hydrogen-bond donors (Lipinski definition) is 0. The maximum Gasteiger partial charge on any atom is 0.227 e. The van der Waals surface area contributed by atoms with Crippen molar-refractivity contribution in [3.63, 3.8) is 0 Å². The van der Waals surface area contributed by atoms with E-state index >= 15 is 0 Å². The fourth-order valence-corrected chi connectivity index (χ4v) is 2.44. The SMILES string of the molecule is C=CC1CC(=O)N(c2ccccc2-n2ccnc2)C1. The lowest BCUT2D eigenvalue weighted by Gasteiger charge is -2.20. The number of hydrogen-bond acceptors (Lipinski definition) is 2. The molecule has 0 radical (unpaired) electrons. The number of imidazole rings is 1. The Bertz CT molecular complexity index is 604. The van der Waals surface area contributed by atoms with Crippen LogP contribution in [-0.2, 0) is 4.79 Å². The number of rotatable bonds is 3. The summed E-state index contributed by atoms with van der Waals surface area (Å²) in [4.78, 5) is 18.0. The molecule has 1 fully saturated rings. The van der Waals surface area contributed by atoms with Crippen LogP contribution >= 0.6 is 0 Å². The minimum absolute atomic E-state index is 0.150. The zero-order valence-electron chi connectivity index (χ0n) is 10.6. The first-order valence-electron chi connectivity index (χ1n) is 6.30. The highest BCUT2D eigenvalue weighted by Crippen LogP contribution is 2.30. The molecule has 2 heterocycles. The number of anilines is 1. The Morgan fingerprint density at radius 1 is 1.32 bits per heavy atom. The van der Waals surface area contributed by atoms with Crippen LogP contribution in [0.5, 0.6) is 0 Å². The number of amides is 1. The van der Waals surface area contributed by atoms with Crippen LogP contribution in [0.25, 0.3) is 5.69 Å². The molecule has 0 bridgehead atoms. The van der Waals surface area contributed by atoms with Crippen molar-refractivity contribution >= 4 is 11.6 Å². The lowest BCUT2D eigenvalue weighted by Crippen LogP contribution is -2.25. The van der Waals surface area contributed by atoms with E-state index in [0.717, 1.165) is 11.4 Å². The molecular formula is C15H15N3O. The first-order valence-corrected chi connectivity index (χ1v) is 6.30. The van der Waals surface area contributed by atoms with Crippen molar-refractivity contribution in [1.82, 2.24) is 9.55 Å². The highest BCUT2D eigenvalue weighted by atomic mass is 16.2. The number of para-hydroxylation sites is 2. The van der Waals surface area contributed by atoms with E-state index in [9.17, 15) is 4.79 Å². The van der Waals surface area contributed by atoms with Gasteiger partial charge in [-0.2, -0.15) is 0 Å². The van der Waals surface area contributed by atoms with E-state index in [1.54, 1.807) is 12.5 Å². The van der Waals surface area contributed by atoms with Gasteiger partial charge < -0.3 is 9.47 Å². The van der Waals surface area contributed by atoms with Crippen LogP contribution in [-0.4, -0.2) is 22.0 Å². The van der Waals surface area contributed by atoms with Crippen molar-refractivity contribution in [2.24, 2.45) is 5.92 Å². The van der Waals surface area contributed by atoms with Crippen molar-refractivity contribution in [1.29, 1.82) is 0 Å². The lowest BCUT2D eigenvalue weighted by atomic mass is 10.1. The van der Waals surface area contributed by atoms with Gasteiger partial charge in [0.15, 0.2) is 0 Å². The van der Waals surface area contributed by atoms with Crippen molar-refractivity contribution < 1.29 is 4.79 Å². The highest BCUT2D eigenvalue weighted by molar-refractivity contribution is 5.97. The van der Waals surface area contributed by atoms with E-state index in [1.807, 2.05) is 46.0 Å². The monoisotopic (exact) mass is 253 g/mol. The van der Waals surface area contributed by atoms with Gasteiger partial charge in [-0.15, -0.1) is 6.58 Å². The summed E-state index contributed by atoms with van der Waals surface area (Å²) in [6, 6.07) is 7.87. The summed E-state index contributed by atoms with van der Waals surface area (Å²) in [7, 11) is 0. The second-order valence-corrected chi connectivity index (χ2v) is 4.66. The van der Waals surface area contributed by atoms with E-state index < -0.39 is 0 Å². The summed E-state index contributed by atoms with van der Waals surface area (Å²) < 4.78 is 1.92. The average Bonchev–Trinajstić information content (AvgIpc) is 3.08. The summed E-state index contributed by atoms with van der Waals surface area (Å²) in [6.45, 7) is 4.49. The summed E-state index contributed by atoms with van der Waals surface area (Å²) in [5.74, 6) is 0.390. The molecule has 2 aromatic rings. The predicted molar refractivity (Wildman–Crippen MR) is 74.2 cm³/mol. The van der Waals surface area contributed by atoms with E-state index in [2.05, 4.69) is 11.6 Å². The molecule has 4 nitrogen and oxygen atoms in total. The third-order valence-corrected chi connectivity index (χ3v) is 3.44. The third kappa shape index (κ3) is 2.05. The van der Waals surface area contributed by atoms with Crippen molar-refractivity contribution in [2.45, 2.75) is 6.42 Å². The van der Waals surface area contributed by atoms with Crippen molar-refractivity contribution in [2.75, 3.05) is 11.4 Å². The number of nitrogens with zero attached hydrogens (tertiary/aromatic N) is 3. The van der Waals surface area contributed by atoms with Crippen molar-refractivity contribution in [3.8, 4) is 5.69 Å². The molecule has 1 atom stereocenters. The standard InChI is InChI=1S/C15H15N3O/c1-2-12-9-15(19)18(10-12)14-6-4-3-5-13(14)17-8-7-16-11-17/h2-8,11-12H,1,9-10H2. The lowest BCUT2D eigenvalue weighted by molar-refractivity contribution is -0.117. The molecule has 3 rings (SSSR count). The summed E-state index contributed by atoms with van der Waals surface area (Å²) >= 11 is 0. The molecular weight excluding hydrogens is 238 g/mol. The molecule has 4 heteroatoms. The van der Waals surface area contributed by atoms with Gasteiger partial charge in [-0.25, -0.2) is 4.98 Å². The highest BCUT2D eigenvalue weighted by Gasteiger charge is 2.30. The molecule has 1 aliphatic heterocycles. The molecule has 1 aromatic heterocycles. The van der Waals surface area contributed by atoms with Crippen LogP contribution in [0.15, 0.2) is 55.6 Å². The Labute approximate surface area is 112 Å². The van der Waals surface area contributed by atoms with E-state index in [0.29, 0.717) is 13.0 Å². The van der Waals surface area contributed by atoms with E-state index in [4.69, 9.17) is 0 Å². The van der Waals surface area contributed by atoms with Crippen LogP contribution in [0.4, 0.5) is 5.69 Å². The normalized spacial score (nSPS) is 18.8. The molecule has 1 aromatic carbocycles. The number of carbonyl (C=O) groups excluding carboxylic acids is 1. The Kier molecular flexibility index (Phi) is 2.91. The Morgan fingerprint density at radius 2 is 2.11 bits per heavy atom. The molecule has 19 heavy (non-hydrogen) atoms. The molecule has 0 aliphatic carbocycles. The molecule has 0 N–H and O–H groups in total. The van der Waals surface area contributed by atoms with Crippen molar-refractivity contribution in [3.05, 3.63) is 55.6 Å². The van der Waals surface area contributed by atoms with Gasteiger partial charge in [0.05, 0.1) is 17.7 Å². The van der Waals surface area contributed by atoms with Crippen LogP contribution in [0.2, 0.25) is 0 Å². The number of carbonyl (C=O) groups is 1. The second-order valence-electron chi connectivity index (χ2n) is 4.66. The number of benzene rings is 1. The maximum atomic E-state index is 12.1. The Hall–Kier alpha value is -2.36. The second kappa shape index (κ2) is 4.72. The van der Waals surface area contributed by atoms with Crippen LogP contribution in [0.1, 0.15) is 6.42 Å². The van der Waals surface area contributed by atoms with Crippen LogP contribution in [0.3, 0.4) is 0 Å². The molecule has 1 aliphatic rings. The predicted octanol–water partition coefficient (Wildman–Crippen LogP) is 2.41. The first kappa shape index (κ1) is 11.7. The molecule has 1 unspecified atom stereocenters. The fourth-order valence-electron chi connectivity index (χ4n) is 2.44. The van der Waals surface area contributed by atoms with Gasteiger partial charge in [-0.3, -0.25) is 4.79 Å². The minimum atomic E-state index is 0.150. The van der Waals surface area contributed by atoms with E-state index in [-0.39, 0.29) is 11.8 Å². The average molecular weight is 253 g/mol. The van der Waals surface area contributed by atoms with Gasteiger partial charge in [0, 0.05) is 31.3 Å². The zero-order chi connectivity index (χ0) is 13.2. The van der Waals surface area contributed by atoms with Gasteiger partial charge in [-0.1, -0.05) is 18.2 Å².